The summed E-state index contributed by atoms with van der Waals surface area (Å²) in [6.45, 7) is 5.55. The lowest BCUT2D eigenvalue weighted by atomic mass is 10.1. The van der Waals surface area contributed by atoms with Crippen molar-refractivity contribution in [2.75, 3.05) is 32.8 Å². The minimum atomic E-state index is -0.527. The zero-order chi connectivity index (χ0) is 27.4. The number of nitrogens with one attached hydrogen (secondary N) is 1. The number of carbonyl (C=O) groups is 1. The Hall–Kier alpha value is -4.46. The molecule has 39 heavy (non-hydrogen) atoms. The van der Waals surface area contributed by atoms with E-state index in [9.17, 15) is 14.0 Å². The summed E-state index contributed by atoms with van der Waals surface area (Å²) in [5, 5.41) is 12.5. The molecule has 0 spiro atoms. The number of halogens is 1. The van der Waals surface area contributed by atoms with Crippen LogP contribution in [0.15, 0.2) is 65.7 Å². The Kier molecular flexibility index (Phi) is 7.72. The van der Waals surface area contributed by atoms with E-state index in [1.54, 1.807) is 43.5 Å². The number of rotatable bonds is 7. The molecule has 1 aromatic carbocycles. The second kappa shape index (κ2) is 11.5. The van der Waals surface area contributed by atoms with E-state index in [4.69, 9.17) is 10.00 Å². The predicted molar refractivity (Wildman–Crippen MR) is 143 cm³/mol. The number of pyridine rings is 3. The summed E-state index contributed by atoms with van der Waals surface area (Å²) < 4.78 is 20.3. The molecule has 1 N–H and O–H groups in total. The summed E-state index contributed by atoms with van der Waals surface area (Å²) in [4.78, 5) is 38.1. The molecule has 0 saturated carbocycles. The van der Waals surface area contributed by atoms with Gasteiger partial charge in [-0.2, -0.15) is 5.26 Å². The molecule has 1 fully saturated rings. The third-order valence-electron chi connectivity index (χ3n) is 6.82. The van der Waals surface area contributed by atoms with Crippen LogP contribution in [0.2, 0.25) is 0 Å². The average molecular weight is 527 g/mol. The van der Waals surface area contributed by atoms with Crippen molar-refractivity contribution in [2.24, 2.45) is 0 Å². The van der Waals surface area contributed by atoms with Gasteiger partial charge in [-0.3, -0.25) is 24.0 Å². The normalized spacial score (nSPS) is 14.6. The van der Waals surface area contributed by atoms with Gasteiger partial charge in [0.2, 0.25) is 0 Å². The fraction of sp³-hybridized carbons (Fsp3) is 0.276. The van der Waals surface area contributed by atoms with Crippen molar-refractivity contribution >= 4 is 16.9 Å². The molecule has 9 nitrogen and oxygen atoms in total. The van der Waals surface area contributed by atoms with Crippen LogP contribution in [-0.4, -0.2) is 58.2 Å². The Morgan fingerprint density at radius 1 is 1.10 bits per heavy atom. The summed E-state index contributed by atoms with van der Waals surface area (Å²) in [5.41, 5.74) is 2.49. The number of nitriles is 1. The molecule has 0 bridgehead atoms. The summed E-state index contributed by atoms with van der Waals surface area (Å²) >= 11 is 0. The molecule has 198 valence electrons. The van der Waals surface area contributed by atoms with Gasteiger partial charge in [-0.05, 0) is 48.9 Å². The van der Waals surface area contributed by atoms with Crippen LogP contribution in [0.4, 0.5) is 4.39 Å². The molecular formula is C29H27FN6O3. The van der Waals surface area contributed by atoms with Crippen LogP contribution in [0, 0.1) is 17.1 Å². The Morgan fingerprint density at radius 2 is 1.87 bits per heavy atom. The van der Waals surface area contributed by atoms with Gasteiger partial charge in [-0.1, -0.05) is 12.1 Å². The lowest BCUT2D eigenvalue weighted by Gasteiger charge is -2.27. The van der Waals surface area contributed by atoms with Gasteiger partial charge in [0.05, 0.1) is 30.5 Å². The van der Waals surface area contributed by atoms with Crippen molar-refractivity contribution in [1.29, 1.82) is 5.26 Å². The Balaban J connectivity index is 1.52. The van der Waals surface area contributed by atoms with E-state index >= 15 is 0 Å². The van der Waals surface area contributed by atoms with Crippen molar-refractivity contribution in [3.8, 4) is 17.3 Å². The number of nitrogens with zero attached hydrogens (tertiary/aromatic N) is 5. The van der Waals surface area contributed by atoms with Gasteiger partial charge in [0, 0.05) is 49.5 Å². The molecule has 1 aliphatic rings. The van der Waals surface area contributed by atoms with E-state index < -0.39 is 17.5 Å². The molecule has 5 rings (SSSR count). The summed E-state index contributed by atoms with van der Waals surface area (Å²) in [7, 11) is 0. The van der Waals surface area contributed by atoms with Crippen LogP contribution >= 0.6 is 0 Å². The largest absolute Gasteiger partial charge is 0.379 e. The van der Waals surface area contributed by atoms with Crippen LogP contribution in [0.25, 0.3) is 22.3 Å². The molecule has 4 aromatic rings. The topological polar surface area (TPSA) is 113 Å². The first-order valence-corrected chi connectivity index (χ1v) is 12.7. The number of ether oxygens (including phenoxy) is 1. The lowest BCUT2D eigenvalue weighted by molar-refractivity contribution is 0.0364. The molecule has 1 saturated heterocycles. The van der Waals surface area contributed by atoms with Crippen LogP contribution in [0.1, 0.15) is 34.5 Å². The van der Waals surface area contributed by atoms with Crippen LogP contribution < -0.4 is 10.9 Å². The van der Waals surface area contributed by atoms with Crippen molar-refractivity contribution in [3.05, 3.63) is 93.8 Å². The van der Waals surface area contributed by atoms with Gasteiger partial charge < -0.3 is 10.1 Å². The zero-order valence-electron chi connectivity index (χ0n) is 21.4. The molecular weight excluding hydrogens is 499 g/mol. The number of amides is 1. The quantitative estimate of drug-likeness (QED) is 0.393. The van der Waals surface area contributed by atoms with E-state index in [0.29, 0.717) is 59.7 Å². The zero-order valence-corrected chi connectivity index (χ0v) is 21.4. The number of carbonyl (C=O) groups excluding carboxylic acids is 1. The molecule has 3 aromatic heterocycles. The minimum Gasteiger partial charge on any atom is -0.379 e. The van der Waals surface area contributed by atoms with E-state index in [2.05, 4.69) is 20.2 Å². The van der Waals surface area contributed by atoms with Gasteiger partial charge in [-0.15, -0.1) is 0 Å². The molecule has 0 aliphatic carbocycles. The van der Waals surface area contributed by atoms with Crippen LogP contribution in [0.5, 0.6) is 0 Å². The average Bonchev–Trinajstić information content (AvgIpc) is 2.97. The van der Waals surface area contributed by atoms with Gasteiger partial charge in [0.25, 0.3) is 11.5 Å². The number of morpholine rings is 1. The fourth-order valence-electron chi connectivity index (χ4n) is 4.58. The Bertz CT molecular complexity index is 1590. The van der Waals surface area contributed by atoms with Crippen LogP contribution in [0.3, 0.4) is 0 Å². The molecule has 1 aliphatic heterocycles. The fourth-order valence-corrected chi connectivity index (χ4v) is 4.58. The van der Waals surface area contributed by atoms with Crippen molar-refractivity contribution < 1.29 is 13.9 Å². The smallest absolute Gasteiger partial charge is 0.265 e. The predicted octanol–water partition coefficient (Wildman–Crippen LogP) is 3.29. The van der Waals surface area contributed by atoms with Crippen molar-refractivity contribution in [1.82, 2.24) is 24.8 Å². The maximum absolute atomic E-state index is 13.6. The van der Waals surface area contributed by atoms with Crippen molar-refractivity contribution in [3.63, 3.8) is 0 Å². The highest BCUT2D eigenvalue weighted by Gasteiger charge is 2.20. The number of hydrogen-bond acceptors (Lipinski definition) is 7. The summed E-state index contributed by atoms with van der Waals surface area (Å²) in [6.07, 6.45) is 3.12. The van der Waals surface area contributed by atoms with E-state index in [0.717, 1.165) is 13.1 Å². The molecule has 4 heterocycles. The first-order chi connectivity index (χ1) is 18.9. The summed E-state index contributed by atoms with van der Waals surface area (Å²) in [6, 6.07) is 14.3. The third-order valence-corrected chi connectivity index (χ3v) is 6.82. The number of hydrogen-bond donors (Lipinski definition) is 1. The van der Waals surface area contributed by atoms with Gasteiger partial charge in [0.1, 0.15) is 23.1 Å². The summed E-state index contributed by atoms with van der Waals surface area (Å²) in [5.74, 6) is -0.893. The van der Waals surface area contributed by atoms with E-state index in [1.165, 1.54) is 22.9 Å². The molecule has 0 radical (unpaired) electrons. The number of benzene rings is 1. The van der Waals surface area contributed by atoms with Gasteiger partial charge >= 0.3 is 0 Å². The third kappa shape index (κ3) is 5.85. The first kappa shape index (κ1) is 26.2. The standard InChI is InChI=1S/C29H27FN6O3/c1-19(21-3-5-24(30)6-4-21)34-28(37)25-15-22-14-23(26-7-2-20(16-31)17-32-26)18-33-27(22)36(29(25)38)9-8-35-10-12-39-13-11-35/h2-7,14-15,17-19H,8-13H2,1H3,(H,34,37). The molecule has 1 amide bonds. The monoisotopic (exact) mass is 526 g/mol. The Morgan fingerprint density at radius 3 is 2.56 bits per heavy atom. The minimum absolute atomic E-state index is 0.00910. The maximum atomic E-state index is 13.6. The SMILES string of the molecule is CC(NC(=O)c1cc2cc(-c3ccc(C#N)cn3)cnc2n(CCN2CCOCC2)c1=O)c1ccc(F)cc1. The van der Waals surface area contributed by atoms with Crippen molar-refractivity contribution in [2.45, 2.75) is 19.5 Å². The van der Waals surface area contributed by atoms with Crippen LogP contribution in [-0.2, 0) is 11.3 Å². The Labute approximate surface area is 224 Å². The number of fused-ring (bicyclic) bond motifs is 1. The van der Waals surface area contributed by atoms with E-state index in [1.807, 2.05) is 12.1 Å². The highest BCUT2D eigenvalue weighted by molar-refractivity contribution is 5.97. The maximum Gasteiger partial charge on any atom is 0.265 e. The number of aromatic nitrogens is 3. The molecule has 10 heteroatoms. The molecule has 1 atom stereocenters. The second-order valence-corrected chi connectivity index (χ2v) is 9.40. The first-order valence-electron chi connectivity index (χ1n) is 12.7. The molecule has 1 unspecified atom stereocenters. The van der Waals surface area contributed by atoms with E-state index in [-0.39, 0.29) is 11.4 Å². The second-order valence-electron chi connectivity index (χ2n) is 9.40. The highest BCUT2D eigenvalue weighted by Crippen LogP contribution is 2.22. The lowest BCUT2D eigenvalue weighted by Crippen LogP contribution is -2.40. The highest BCUT2D eigenvalue weighted by atomic mass is 19.1. The van der Waals surface area contributed by atoms with Gasteiger partial charge in [0.15, 0.2) is 0 Å². The van der Waals surface area contributed by atoms with Gasteiger partial charge in [-0.25, -0.2) is 9.37 Å².